The van der Waals surface area contributed by atoms with Crippen molar-refractivity contribution in [2.45, 2.75) is 38.1 Å². The molecule has 2 aromatic carbocycles. The zero-order valence-electron chi connectivity index (χ0n) is 18.1. The van der Waals surface area contributed by atoms with Gasteiger partial charge in [0.2, 0.25) is 0 Å². The number of imide groups is 1. The second kappa shape index (κ2) is 10.0. The number of hydrazine groups is 1. The van der Waals surface area contributed by atoms with Gasteiger partial charge < -0.3 is 4.74 Å². The molecule has 176 valence electrons. The largest absolute Gasteiger partial charge is 0.452 e. The maximum absolute atomic E-state index is 12.9. The van der Waals surface area contributed by atoms with E-state index in [1.807, 2.05) is 0 Å². The number of ether oxygens (including phenoxy) is 1. The maximum Gasteiger partial charge on any atom is 0.338 e. The average molecular weight is 484 g/mol. The average Bonchev–Trinajstić information content (AvgIpc) is 3.11. The number of halogens is 1. The fourth-order valence-corrected chi connectivity index (χ4v) is 4.37. The molecule has 1 aliphatic heterocycles. The van der Waals surface area contributed by atoms with Crippen LogP contribution >= 0.6 is 11.6 Å². The molecule has 34 heavy (non-hydrogen) atoms. The smallest absolute Gasteiger partial charge is 0.338 e. The van der Waals surface area contributed by atoms with Crippen LogP contribution in [-0.4, -0.2) is 47.1 Å². The lowest BCUT2D eigenvalue weighted by Gasteiger charge is -2.29. The summed E-state index contributed by atoms with van der Waals surface area (Å²) in [7, 11) is 0. The highest BCUT2D eigenvalue weighted by molar-refractivity contribution is 6.33. The van der Waals surface area contributed by atoms with Crippen LogP contribution < -0.4 is 10.9 Å². The first-order valence-corrected chi connectivity index (χ1v) is 11.3. The fraction of sp³-hybridized carbons (Fsp3) is 0.292. The minimum atomic E-state index is -0.841. The number of esters is 1. The number of rotatable bonds is 5. The Balaban J connectivity index is 1.33. The van der Waals surface area contributed by atoms with Crippen LogP contribution in [0.25, 0.3) is 0 Å². The molecule has 0 radical (unpaired) electrons. The number of nitrogens with zero attached hydrogens (tertiary/aromatic N) is 1. The second-order valence-corrected chi connectivity index (χ2v) is 8.50. The van der Waals surface area contributed by atoms with E-state index in [1.54, 1.807) is 12.1 Å². The van der Waals surface area contributed by atoms with Gasteiger partial charge in [-0.05, 0) is 43.2 Å². The van der Waals surface area contributed by atoms with Crippen molar-refractivity contribution in [3.63, 3.8) is 0 Å². The van der Waals surface area contributed by atoms with Crippen molar-refractivity contribution in [2.24, 2.45) is 0 Å². The zero-order chi connectivity index (χ0) is 24.2. The Bertz CT molecular complexity index is 1180. The molecule has 1 aliphatic carbocycles. The highest BCUT2D eigenvalue weighted by Gasteiger charge is 2.40. The van der Waals surface area contributed by atoms with Crippen LogP contribution in [0.4, 0.5) is 0 Å². The normalized spacial score (nSPS) is 15.6. The third-order valence-electron chi connectivity index (χ3n) is 5.86. The van der Waals surface area contributed by atoms with Crippen LogP contribution in [0.3, 0.4) is 0 Å². The molecule has 4 rings (SSSR count). The lowest BCUT2D eigenvalue weighted by molar-refractivity contribution is -0.125. The van der Waals surface area contributed by atoms with Crippen molar-refractivity contribution < 1.29 is 28.7 Å². The van der Waals surface area contributed by atoms with Gasteiger partial charge in [0, 0.05) is 6.04 Å². The van der Waals surface area contributed by atoms with Crippen LogP contribution in [0.1, 0.15) is 73.5 Å². The molecule has 0 spiro atoms. The Hall–Kier alpha value is -3.72. The second-order valence-electron chi connectivity index (χ2n) is 8.09. The lowest BCUT2D eigenvalue weighted by Crippen LogP contribution is -2.43. The molecule has 2 aromatic rings. The number of carbonyl (C=O) groups is 5. The molecule has 1 fully saturated rings. The van der Waals surface area contributed by atoms with E-state index in [0.29, 0.717) is 0 Å². The van der Waals surface area contributed by atoms with Crippen LogP contribution in [-0.2, 0) is 9.53 Å². The molecule has 4 amide bonds. The molecule has 9 nitrogen and oxygen atoms in total. The van der Waals surface area contributed by atoms with Crippen molar-refractivity contribution in [1.82, 2.24) is 15.8 Å². The number of benzene rings is 2. The number of nitrogens with one attached hydrogen (secondary N) is 2. The van der Waals surface area contributed by atoms with Gasteiger partial charge in [-0.25, -0.2) is 4.79 Å². The number of carbonyl (C=O) groups excluding carboxylic acids is 5. The van der Waals surface area contributed by atoms with Crippen molar-refractivity contribution in [1.29, 1.82) is 0 Å². The third-order valence-corrected chi connectivity index (χ3v) is 6.19. The van der Waals surface area contributed by atoms with Gasteiger partial charge in [-0.1, -0.05) is 43.0 Å². The number of hydrogen-bond donors (Lipinski definition) is 2. The summed E-state index contributed by atoms with van der Waals surface area (Å²) in [5.41, 5.74) is 4.93. The third kappa shape index (κ3) is 4.79. The molecule has 10 heteroatoms. The van der Waals surface area contributed by atoms with E-state index in [4.69, 9.17) is 16.3 Å². The summed E-state index contributed by atoms with van der Waals surface area (Å²) in [4.78, 5) is 63.3. The van der Waals surface area contributed by atoms with E-state index in [1.165, 1.54) is 35.2 Å². The fourth-order valence-electron chi connectivity index (χ4n) is 4.15. The number of amides is 4. The summed E-state index contributed by atoms with van der Waals surface area (Å²) in [5, 5.41) is 0.215. The van der Waals surface area contributed by atoms with Gasteiger partial charge in [0.05, 0.1) is 27.3 Å². The first-order chi connectivity index (χ1) is 16.4. The minimum absolute atomic E-state index is 0.0401. The van der Waals surface area contributed by atoms with Crippen molar-refractivity contribution >= 4 is 41.2 Å². The zero-order valence-corrected chi connectivity index (χ0v) is 18.9. The molecule has 0 unspecified atom stereocenters. The van der Waals surface area contributed by atoms with Crippen LogP contribution in [0.5, 0.6) is 0 Å². The SMILES string of the molecule is O=C(COC(=O)c1ccc2c(c1)C(=O)N(C1CCCCC1)C2=O)NNC(=O)c1ccccc1Cl. The predicted octanol–water partition coefficient (Wildman–Crippen LogP) is 2.89. The molecule has 2 aliphatic rings. The number of hydrogen-bond acceptors (Lipinski definition) is 6. The molecule has 0 bridgehead atoms. The van der Waals surface area contributed by atoms with Crippen molar-refractivity contribution in [3.8, 4) is 0 Å². The summed E-state index contributed by atoms with van der Waals surface area (Å²) in [5.74, 6) is -3.01. The van der Waals surface area contributed by atoms with E-state index in [9.17, 15) is 24.0 Å². The molecule has 1 saturated carbocycles. The van der Waals surface area contributed by atoms with Gasteiger partial charge in [0.15, 0.2) is 6.61 Å². The van der Waals surface area contributed by atoms with Gasteiger partial charge >= 0.3 is 5.97 Å². The van der Waals surface area contributed by atoms with E-state index in [0.717, 1.165) is 32.1 Å². The minimum Gasteiger partial charge on any atom is -0.452 e. The molecular weight excluding hydrogens is 462 g/mol. The molecule has 2 N–H and O–H groups in total. The highest BCUT2D eigenvalue weighted by Crippen LogP contribution is 2.31. The van der Waals surface area contributed by atoms with Crippen LogP contribution in [0, 0.1) is 0 Å². The van der Waals surface area contributed by atoms with Gasteiger partial charge in [-0.3, -0.25) is 34.9 Å². The maximum atomic E-state index is 12.9. The topological polar surface area (TPSA) is 122 Å². The molecular formula is C24H22ClN3O6. The summed E-state index contributed by atoms with van der Waals surface area (Å²) < 4.78 is 4.98. The first-order valence-electron chi connectivity index (χ1n) is 10.9. The number of fused-ring (bicyclic) bond motifs is 1. The molecule has 1 heterocycles. The Labute approximate surface area is 200 Å². The molecule has 0 saturated heterocycles. The lowest BCUT2D eigenvalue weighted by atomic mass is 9.94. The molecule has 0 aromatic heterocycles. The van der Waals surface area contributed by atoms with Gasteiger partial charge in [-0.2, -0.15) is 0 Å². The summed E-state index contributed by atoms with van der Waals surface area (Å²) in [6, 6.07) is 10.3. The monoisotopic (exact) mass is 483 g/mol. The first kappa shape index (κ1) is 23.4. The summed E-state index contributed by atoms with van der Waals surface area (Å²) in [6.07, 6.45) is 4.59. The Kier molecular flexibility index (Phi) is 6.93. The van der Waals surface area contributed by atoms with E-state index < -0.39 is 30.3 Å². The standard InChI is InChI=1S/C24H22ClN3O6/c25-19-9-5-4-8-17(19)21(30)27-26-20(29)13-34-24(33)14-10-11-16-18(12-14)23(32)28(22(16)31)15-6-2-1-3-7-15/h4-5,8-12,15H,1-3,6-7,13H2,(H,26,29)(H,27,30). The predicted molar refractivity (Wildman–Crippen MR) is 121 cm³/mol. The van der Waals surface area contributed by atoms with Crippen LogP contribution in [0.2, 0.25) is 5.02 Å². The Morgan fingerprint density at radius 3 is 2.38 bits per heavy atom. The molecule has 0 atom stereocenters. The van der Waals surface area contributed by atoms with E-state index in [2.05, 4.69) is 10.9 Å². The summed E-state index contributed by atoms with van der Waals surface area (Å²) >= 11 is 5.93. The van der Waals surface area contributed by atoms with Gasteiger partial charge in [0.25, 0.3) is 23.6 Å². The quantitative estimate of drug-likeness (QED) is 0.383. The van der Waals surface area contributed by atoms with Crippen molar-refractivity contribution in [3.05, 3.63) is 69.7 Å². The van der Waals surface area contributed by atoms with Crippen molar-refractivity contribution in [2.75, 3.05) is 6.61 Å². The highest BCUT2D eigenvalue weighted by atomic mass is 35.5. The van der Waals surface area contributed by atoms with Crippen LogP contribution in [0.15, 0.2) is 42.5 Å². The Morgan fingerprint density at radius 2 is 1.65 bits per heavy atom. The summed E-state index contributed by atoms with van der Waals surface area (Å²) in [6.45, 7) is -0.667. The van der Waals surface area contributed by atoms with E-state index in [-0.39, 0.29) is 39.2 Å². The van der Waals surface area contributed by atoms with Gasteiger partial charge in [0.1, 0.15) is 0 Å². The Morgan fingerprint density at radius 1 is 0.941 bits per heavy atom. The van der Waals surface area contributed by atoms with Gasteiger partial charge in [-0.15, -0.1) is 0 Å². The van der Waals surface area contributed by atoms with E-state index >= 15 is 0 Å².